The summed E-state index contributed by atoms with van der Waals surface area (Å²) >= 11 is 0. The van der Waals surface area contributed by atoms with Gasteiger partial charge in [-0.1, -0.05) is 6.92 Å². The fourth-order valence-corrected chi connectivity index (χ4v) is 2.09. The number of rotatable bonds is 5. The molecule has 2 aromatic heterocycles. The van der Waals surface area contributed by atoms with Crippen LogP contribution in [0.2, 0.25) is 0 Å². The van der Waals surface area contributed by atoms with Crippen molar-refractivity contribution in [2.45, 2.75) is 32.1 Å². The molecule has 19 heavy (non-hydrogen) atoms. The molecule has 2 heterocycles. The maximum absolute atomic E-state index is 4.69. The Morgan fingerprint density at radius 2 is 2.21 bits per heavy atom. The minimum absolute atomic E-state index is 0.622. The van der Waals surface area contributed by atoms with Crippen molar-refractivity contribution in [2.75, 3.05) is 11.9 Å². The Morgan fingerprint density at radius 1 is 1.37 bits per heavy atom. The van der Waals surface area contributed by atoms with Crippen LogP contribution in [0.5, 0.6) is 0 Å². The Morgan fingerprint density at radius 3 is 2.84 bits per heavy atom. The number of nitrogens with zero attached hydrogens (tertiary/aromatic N) is 4. The summed E-state index contributed by atoms with van der Waals surface area (Å²) < 4.78 is 1.95. The molecule has 5 heteroatoms. The highest BCUT2D eigenvalue weighted by atomic mass is 15.1. The topological polar surface area (TPSA) is 55.6 Å². The number of hydrogen-bond acceptors (Lipinski definition) is 4. The van der Waals surface area contributed by atoms with E-state index in [1.807, 2.05) is 17.8 Å². The summed E-state index contributed by atoms with van der Waals surface area (Å²) in [6.45, 7) is 3.09. The molecule has 0 radical (unpaired) electrons. The molecule has 2 aromatic rings. The second kappa shape index (κ2) is 4.99. The van der Waals surface area contributed by atoms with Gasteiger partial charge >= 0.3 is 0 Å². The van der Waals surface area contributed by atoms with Gasteiger partial charge in [-0.15, -0.1) is 0 Å². The van der Waals surface area contributed by atoms with E-state index in [9.17, 15) is 0 Å². The van der Waals surface area contributed by atoms with Gasteiger partial charge in [0.1, 0.15) is 11.5 Å². The van der Waals surface area contributed by atoms with E-state index in [-0.39, 0.29) is 0 Å². The van der Waals surface area contributed by atoms with Crippen LogP contribution in [-0.4, -0.2) is 26.1 Å². The third-order valence-corrected chi connectivity index (χ3v) is 3.34. The van der Waals surface area contributed by atoms with Gasteiger partial charge in [0.2, 0.25) is 0 Å². The van der Waals surface area contributed by atoms with Crippen LogP contribution in [0.3, 0.4) is 0 Å². The van der Waals surface area contributed by atoms with Crippen LogP contribution in [0.1, 0.15) is 37.8 Å². The zero-order valence-corrected chi connectivity index (χ0v) is 11.4. The van der Waals surface area contributed by atoms with Crippen molar-refractivity contribution < 1.29 is 0 Å². The lowest BCUT2D eigenvalue weighted by Gasteiger charge is -2.09. The van der Waals surface area contributed by atoms with Crippen LogP contribution in [0, 0.1) is 0 Å². The van der Waals surface area contributed by atoms with Crippen molar-refractivity contribution in [2.24, 2.45) is 7.05 Å². The van der Waals surface area contributed by atoms with Crippen LogP contribution >= 0.6 is 0 Å². The Hall–Kier alpha value is -1.91. The summed E-state index contributed by atoms with van der Waals surface area (Å²) in [6, 6.07) is 2.09. The van der Waals surface area contributed by atoms with E-state index in [1.165, 1.54) is 12.8 Å². The predicted octanol–water partition coefficient (Wildman–Crippen LogP) is 2.58. The Bertz CT molecular complexity index is 571. The van der Waals surface area contributed by atoms with Gasteiger partial charge < -0.3 is 9.88 Å². The van der Waals surface area contributed by atoms with E-state index < -0.39 is 0 Å². The molecular weight excluding hydrogens is 238 g/mol. The molecular formula is C14H19N5. The molecule has 1 fully saturated rings. The molecule has 1 aliphatic rings. The zero-order valence-electron chi connectivity index (χ0n) is 11.4. The second-order valence-corrected chi connectivity index (χ2v) is 5.09. The largest absolute Gasteiger partial charge is 0.370 e. The van der Waals surface area contributed by atoms with Gasteiger partial charge in [0.25, 0.3) is 0 Å². The molecule has 0 saturated heterocycles. The van der Waals surface area contributed by atoms with Crippen LogP contribution in [0.25, 0.3) is 11.5 Å². The van der Waals surface area contributed by atoms with Crippen LogP contribution in [0.15, 0.2) is 18.6 Å². The highest BCUT2D eigenvalue weighted by Crippen LogP contribution is 2.40. The summed E-state index contributed by atoms with van der Waals surface area (Å²) in [5, 5.41) is 3.36. The van der Waals surface area contributed by atoms with Gasteiger partial charge in [-0.2, -0.15) is 0 Å². The van der Waals surface area contributed by atoms with Crippen molar-refractivity contribution in [3.05, 3.63) is 24.3 Å². The first kappa shape index (κ1) is 12.1. The standard InChI is InChI=1S/C14H19N5/c1-3-6-16-13-7-11(10-4-5-10)17-14(18-13)12-8-15-9-19(12)2/h7-10H,3-6H2,1-2H3,(H,16,17,18). The summed E-state index contributed by atoms with van der Waals surface area (Å²) in [4.78, 5) is 13.4. The average molecular weight is 257 g/mol. The molecule has 0 unspecified atom stereocenters. The molecule has 100 valence electrons. The van der Waals surface area contributed by atoms with Gasteiger partial charge in [0.15, 0.2) is 5.82 Å². The van der Waals surface area contributed by atoms with E-state index in [0.29, 0.717) is 5.92 Å². The van der Waals surface area contributed by atoms with Crippen molar-refractivity contribution in [1.29, 1.82) is 0 Å². The first-order valence-corrected chi connectivity index (χ1v) is 6.87. The molecule has 5 nitrogen and oxygen atoms in total. The number of aromatic nitrogens is 4. The molecule has 0 bridgehead atoms. The number of nitrogens with one attached hydrogen (secondary N) is 1. The SMILES string of the molecule is CCCNc1cc(C2CC2)nc(-c2cncn2C)n1. The normalized spacial score (nSPS) is 14.6. The minimum atomic E-state index is 0.622. The number of aryl methyl sites for hydroxylation is 1. The maximum Gasteiger partial charge on any atom is 0.180 e. The average Bonchev–Trinajstić information content (AvgIpc) is 3.18. The van der Waals surface area contributed by atoms with Crippen LogP contribution in [-0.2, 0) is 7.05 Å². The monoisotopic (exact) mass is 257 g/mol. The van der Waals surface area contributed by atoms with Crippen LogP contribution in [0.4, 0.5) is 5.82 Å². The van der Waals surface area contributed by atoms with Crippen molar-refractivity contribution in [3.8, 4) is 11.5 Å². The molecule has 3 rings (SSSR count). The van der Waals surface area contributed by atoms with E-state index in [4.69, 9.17) is 4.98 Å². The summed E-state index contributed by atoms with van der Waals surface area (Å²) in [5.74, 6) is 2.31. The lowest BCUT2D eigenvalue weighted by Crippen LogP contribution is -2.06. The van der Waals surface area contributed by atoms with Crippen molar-refractivity contribution >= 4 is 5.82 Å². The van der Waals surface area contributed by atoms with E-state index in [0.717, 1.165) is 36.0 Å². The van der Waals surface area contributed by atoms with Crippen molar-refractivity contribution in [3.63, 3.8) is 0 Å². The first-order chi connectivity index (χ1) is 9.28. The lowest BCUT2D eigenvalue weighted by atomic mass is 10.2. The van der Waals surface area contributed by atoms with Gasteiger partial charge in [-0.05, 0) is 19.3 Å². The van der Waals surface area contributed by atoms with Gasteiger partial charge in [0.05, 0.1) is 12.5 Å². The van der Waals surface area contributed by atoms with Gasteiger partial charge in [0, 0.05) is 31.3 Å². The van der Waals surface area contributed by atoms with Gasteiger partial charge in [-0.3, -0.25) is 0 Å². The minimum Gasteiger partial charge on any atom is -0.370 e. The van der Waals surface area contributed by atoms with E-state index in [2.05, 4.69) is 28.3 Å². The third-order valence-electron chi connectivity index (χ3n) is 3.34. The molecule has 0 aromatic carbocycles. The fraction of sp³-hybridized carbons (Fsp3) is 0.500. The highest BCUT2D eigenvalue weighted by Gasteiger charge is 2.26. The Balaban J connectivity index is 1.98. The van der Waals surface area contributed by atoms with Crippen molar-refractivity contribution in [1.82, 2.24) is 19.5 Å². The fourth-order valence-electron chi connectivity index (χ4n) is 2.09. The van der Waals surface area contributed by atoms with Gasteiger partial charge in [-0.25, -0.2) is 15.0 Å². The quantitative estimate of drug-likeness (QED) is 0.894. The number of imidazole rings is 1. The molecule has 0 spiro atoms. The third kappa shape index (κ3) is 2.59. The molecule has 0 amide bonds. The molecule has 1 N–H and O–H groups in total. The molecule has 0 aliphatic heterocycles. The smallest absolute Gasteiger partial charge is 0.180 e. The number of hydrogen-bond donors (Lipinski definition) is 1. The van der Waals surface area contributed by atoms with E-state index in [1.54, 1.807) is 6.33 Å². The first-order valence-electron chi connectivity index (χ1n) is 6.87. The molecule has 1 aliphatic carbocycles. The van der Waals surface area contributed by atoms with Crippen LogP contribution < -0.4 is 5.32 Å². The molecule has 1 saturated carbocycles. The highest BCUT2D eigenvalue weighted by molar-refractivity contribution is 5.53. The Labute approximate surface area is 113 Å². The second-order valence-electron chi connectivity index (χ2n) is 5.09. The Kier molecular flexibility index (Phi) is 3.19. The maximum atomic E-state index is 4.69. The predicted molar refractivity (Wildman–Crippen MR) is 75.0 cm³/mol. The summed E-state index contributed by atoms with van der Waals surface area (Å²) in [5.41, 5.74) is 2.12. The summed E-state index contributed by atoms with van der Waals surface area (Å²) in [6.07, 6.45) is 7.17. The molecule has 0 atom stereocenters. The van der Waals surface area contributed by atoms with E-state index >= 15 is 0 Å². The number of anilines is 1. The lowest BCUT2D eigenvalue weighted by molar-refractivity contribution is 0.895. The zero-order chi connectivity index (χ0) is 13.2. The summed E-state index contributed by atoms with van der Waals surface area (Å²) in [7, 11) is 1.97.